The van der Waals surface area contributed by atoms with Crippen LogP contribution in [-0.2, 0) is 11.2 Å². The summed E-state index contributed by atoms with van der Waals surface area (Å²) in [6.45, 7) is 0. The van der Waals surface area contributed by atoms with Crippen LogP contribution in [-0.4, -0.2) is 24.2 Å². The van der Waals surface area contributed by atoms with E-state index in [0.717, 1.165) is 16.3 Å². The van der Waals surface area contributed by atoms with E-state index in [1.54, 1.807) is 7.05 Å². The third-order valence-electron chi connectivity index (χ3n) is 2.95. The molecule has 0 aromatic heterocycles. The van der Waals surface area contributed by atoms with Gasteiger partial charge in [0.1, 0.15) is 6.04 Å². The average molecular weight is 263 g/mol. The van der Waals surface area contributed by atoms with Crippen molar-refractivity contribution in [3.05, 3.63) is 48.0 Å². The van der Waals surface area contributed by atoms with E-state index in [-0.39, 0.29) is 13.5 Å². The van der Waals surface area contributed by atoms with Crippen LogP contribution in [0.25, 0.3) is 10.8 Å². The largest absolute Gasteiger partial charge is 0.480 e. The molecule has 0 bridgehead atoms. The number of benzene rings is 2. The van der Waals surface area contributed by atoms with Gasteiger partial charge in [-0.15, -0.1) is 0 Å². The van der Waals surface area contributed by atoms with Crippen LogP contribution in [0.1, 0.15) is 5.56 Å². The van der Waals surface area contributed by atoms with Crippen molar-refractivity contribution < 1.29 is 9.90 Å². The summed E-state index contributed by atoms with van der Waals surface area (Å²) < 4.78 is 0. The van der Waals surface area contributed by atoms with Gasteiger partial charge in [-0.2, -0.15) is 13.5 Å². The Hall–Kier alpha value is -1.52. The molecule has 96 valence electrons. The molecule has 2 aromatic rings. The number of hydrogen-bond donors (Lipinski definition) is 2. The van der Waals surface area contributed by atoms with Gasteiger partial charge in [0.15, 0.2) is 0 Å². The Morgan fingerprint density at radius 2 is 1.89 bits per heavy atom. The normalized spacial score (nSPS) is 11.8. The monoisotopic (exact) mass is 263 g/mol. The molecule has 0 aliphatic carbocycles. The van der Waals surface area contributed by atoms with Gasteiger partial charge in [0, 0.05) is 0 Å². The maximum absolute atomic E-state index is 11.0. The molecule has 0 amide bonds. The Morgan fingerprint density at radius 1 is 1.22 bits per heavy atom. The summed E-state index contributed by atoms with van der Waals surface area (Å²) in [5, 5.41) is 14.1. The molecule has 0 aliphatic heterocycles. The second-order valence-electron chi connectivity index (χ2n) is 4.02. The zero-order valence-corrected chi connectivity index (χ0v) is 11.2. The molecule has 1 atom stereocenters. The first kappa shape index (κ1) is 14.5. The number of carboxylic acid groups (broad SMARTS) is 1. The van der Waals surface area contributed by atoms with Gasteiger partial charge in [-0.25, -0.2) is 0 Å². The topological polar surface area (TPSA) is 49.3 Å². The highest BCUT2D eigenvalue weighted by atomic mass is 32.1. The van der Waals surface area contributed by atoms with E-state index in [0.29, 0.717) is 6.42 Å². The van der Waals surface area contributed by atoms with E-state index in [2.05, 4.69) is 5.32 Å². The minimum atomic E-state index is -0.819. The first-order valence-electron chi connectivity index (χ1n) is 5.59. The Bertz CT molecular complexity index is 537. The van der Waals surface area contributed by atoms with E-state index in [1.807, 2.05) is 42.5 Å². The minimum Gasteiger partial charge on any atom is -0.480 e. The van der Waals surface area contributed by atoms with Crippen LogP contribution in [0, 0.1) is 0 Å². The highest BCUT2D eigenvalue weighted by Gasteiger charge is 2.16. The van der Waals surface area contributed by atoms with Gasteiger partial charge in [-0.1, -0.05) is 42.5 Å². The predicted molar refractivity (Wildman–Crippen MR) is 78.5 cm³/mol. The molecule has 3 nitrogen and oxygen atoms in total. The van der Waals surface area contributed by atoms with E-state index < -0.39 is 12.0 Å². The molecule has 0 saturated heterocycles. The lowest BCUT2D eigenvalue weighted by Crippen LogP contribution is -2.35. The van der Waals surface area contributed by atoms with Crippen LogP contribution in [0.3, 0.4) is 0 Å². The van der Waals surface area contributed by atoms with Crippen molar-refractivity contribution in [1.29, 1.82) is 0 Å². The van der Waals surface area contributed by atoms with Crippen molar-refractivity contribution in [2.75, 3.05) is 7.05 Å². The zero-order valence-electron chi connectivity index (χ0n) is 10.2. The van der Waals surface area contributed by atoms with Crippen molar-refractivity contribution in [3.63, 3.8) is 0 Å². The van der Waals surface area contributed by atoms with E-state index in [9.17, 15) is 4.79 Å². The number of carbonyl (C=O) groups is 1. The maximum Gasteiger partial charge on any atom is 0.321 e. The Kier molecular flexibility index (Phi) is 5.19. The van der Waals surface area contributed by atoms with Gasteiger partial charge in [0.05, 0.1) is 0 Å². The number of rotatable bonds is 4. The molecule has 2 aromatic carbocycles. The lowest BCUT2D eigenvalue weighted by molar-refractivity contribution is -0.139. The van der Waals surface area contributed by atoms with E-state index >= 15 is 0 Å². The number of carboxylic acids is 1. The smallest absolute Gasteiger partial charge is 0.321 e. The summed E-state index contributed by atoms with van der Waals surface area (Å²) in [4.78, 5) is 11.0. The standard InChI is InChI=1S/C14H15NO2.H2S/c1-15-13(14(16)17)9-11-7-4-6-10-5-2-3-8-12(10)11;/h2-8,13,15H,9H2,1H3,(H,16,17);1H2/t13-;/m0./s1. The molecule has 0 fully saturated rings. The molecule has 0 aliphatic rings. The highest BCUT2D eigenvalue weighted by molar-refractivity contribution is 7.59. The number of aliphatic carboxylic acids is 1. The van der Waals surface area contributed by atoms with Gasteiger partial charge in [0.25, 0.3) is 0 Å². The molecule has 0 radical (unpaired) electrons. The van der Waals surface area contributed by atoms with Crippen molar-refractivity contribution in [2.24, 2.45) is 0 Å². The quantitative estimate of drug-likeness (QED) is 0.889. The fourth-order valence-corrected chi connectivity index (χ4v) is 2.00. The summed E-state index contributed by atoms with van der Waals surface area (Å²) >= 11 is 0. The van der Waals surface area contributed by atoms with Crippen LogP contribution in [0.4, 0.5) is 0 Å². The molecule has 0 unspecified atom stereocenters. The molecule has 2 rings (SSSR count). The van der Waals surface area contributed by atoms with E-state index in [4.69, 9.17) is 5.11 Å². The summed E-state index contributed by atoms with van der Waals surface area (Å²) in [5.41, 5.74) is 1.06. The van der Waals surface area contributed by atoms with Crippen molar-refractivity contribution in [3.8, 4) is 0 Å². The van der Waals surface area contributed by atoms with Crippen LogP contribution >= 0.6 is 13.5 Å². The van der Waals surface area contributed by atoms with Gasteiger partial charge in [-0.3, -0.25) is 4.79 Å². The highest BCUT2D eigenvalue weighted by Crippen LogP contribution is 2.19. The third kappa shape index (κ3) is 3.03. The summed E-state index contributed by atoms with van der Waals surface area (Å²) in [6, 6.07) is 13.5. The number of fused-ring (bicyclic) bond motifs is 1. The van der Waals surface area contributed by atoms with E-state index in [1.165, 1.54) is 0 Å². The molecule has 0 heterocycles. The van der Waals surface area contributed by atoms with Gasteiger partial charge in [0.2, 0.25) is 0 Å². The van der Waals surface area contributed by atoms with Crippen LogP contribution in [0.5, 0.6) is 0 Å². The van der Waals surface area contributed by atoms with Gasteiger partial charge in [-0.05, 0) is 29.8 Å². The molecule has 18 heavy (non-hydrogen) atoms. The molecular weight excluding hydrogens is 246 g/mol. The second kappa shape index (κ2) is 6.42. The first-order valence-corrected chi connectivity index (χ1v) is 5.59. The molecule has 4 heteroatoms. The first-order chi connectivity index (χ1) is 8.22. The molecular formula is C14H17NO2S. The van der Waals surface area contributed by atoms with Crippen LogP contribution < -0.4 is 5.32 Å². The zero-order chi connectivity index (χ0) is 12.3. The number of nitrogens with one attached hydrogen (secondary N) is 1. The summed E-state index contributed by atoms with van der Waals surface area (Å²) in [6.07, 6.45) is 0.493. The molecule has 0 saturated carbocycles. The summed E-state index contributed by atoms with van der Waals surface area (Å²) in [7, 11) is 1.67. The fourth-order valence-electron chi connectivity index (χ4n) is 2.00. The van der Waals surface area contributed by atoms with Crippen molar-refractivity contribution in [1.82, 2.24) is 5.32 Å². The predicted octanol–water partition coefficient (Wildman–Crippen LogP) is 2.17. The Labute approximate surface area is 113 Å². The van der Waals surface area contributed by atoms with Crippen LogP contribution in [0.2, 0.25) is 0 Å². The average Bonchev–Trinajstić information content (AvgIpc) is 2.35. The maximum atomic E-state index is 11.0. The summed E-state index contributed by atoms with van der Waals surface area (Å²) in [5.74, 6) is -0.819. The van der Waals surface area contributed by atoms with Gasteiger partial charge < -0.3 is 10.4 Å². The van der Waals surface area contributed by atoms with Gasteiger partial charge >= 0.3 is 5.97 Å². The lowest BCUT2D eigenvalue weighted by atomic mass is 9.99. The minimum absolute atomic E-state index is 0. The second-order valence-corrected chi connectivity index (χ2v) is 4.02. The van der Waals surface area contributed by atoms with Crippen molar-refractivity contribution in [2.45, 2.75) is 12.5 Å². The SMILES string of the molecule is CN[C@@H](Cc1cccc2ccccc12)C(=O)O.S. The fraction of sp³-hybridized carbons (Fsp3) is 0.214. The number of hydrogen-bond acceptors (Lipinski definition) is 2. The lowest BCUT2D eigenvalue weighted by Gasteiger charge is -2.12. The number of likely N-dealkylation sites (N-methyl/N-ethyl adjacent to an activating group) is 1. The third-order valence-corrected chi connectivity index (χ3v) is 2.95. The van der Waals surface area contributed by atoms with Crippen molar-refractivity contribution >= 4 is 30.2 Å². The Morgan fingerprint density at radius 3 is 2.56 bits per heavy atom. The molecule has 0 spiro atoms. The molecule has 2 N–H and O–H groups in total. The Balaban J connectivity index is 0.00000162. The van der Waals surface area contributed by atoms with Crippen LogP contribution in [0.15, 0.2) is 42.5 Å².